The summed E-state index contributed by atoms with van der Waals surface area (Å²) in [5.74, 6) is 0.566. The van der Waals surface area contributed by atoms with Crippen LogP contribution in [0.25, 0.3) is 0 Å². The van der Waals surface area contributed by atoms with E-state index in [0.29, 0.717) is 18.6 Å². The number of rotatable bonds is 14. The lowest BCUT2D eigenvalue weighted by Gasteiger charge is -2.43. The average Bonchev–Trinajstić information content (AvgIpc) is 2.80. The molecule has 0 saturated carbocycles. The minimum Gasteiger partial charge on any atom is -0.462 e. The Labute approximate surface area is 190 Å². The second-order valence-electron chi connectivity index (χ2n) is 8.22. The predicted molar refractivity (Wildman–Crippen MR) is 119 cm³/mol. The summed E-state index contributed by atoms with van der Waals surface area (Å²) in [6.45, 7) is 5.88. The van der Waals surface area contributed by atoms with E-state index in [-0.39, 0.29) is 32.2 Å². The van der Waals surface area contributed by atoms with Gasteiger partial charge in [0.05, 0.1) is 6.10 Å². The third kappa shape index (κ3) is 7.52. The van der Waals surface area contributed by atoms with Crippen LogP contribution >= 0.6 is 0 Å². The lowest BCUT2D eigenvalue weighted by Crippen LogP contribution is -2.62. The summed E-state index contributed by atoms with van der Waals surface area (Å²) in [6.07, 6.45) is -2.55. The smallest absolute Gasteiger partial charge is 0.229 e. The van der Waals surface area contributed by atoms with Gasteiger partial charge < -0.3 is 39.7 Å². The SMILES string of the molecule is C=CCc1ccc(O[C@H]2O[C@H]([C@H](O)CCCO)[C@@H](O)[C@H](O)[C@H]2OCC[C@H](CC)CO)cc1. The molecule has 1 aliphatic heterocycles. The molecule has 182 valence electrons. The highest BCUT2D eigenvalue weighted by Gasteiger charge is 2.48. The molecule has 1 aliphatic rings. The van der Waals surface area contributed by atoms with Crippen molar-refractivity contribution >= 4 is 0 Å². The summed E-state index contributed by atoms with van der Waals surface area (Å²) in [6, 6.07) is 7.32. The van der Waals surface area contributed by atoms with Gasteiger partial charge in [-0.1, -0.05) is 31.6 Å². The Hall–Kier alpha value is -1.52. The summed E-state index contributed by atoms with van der Waals surface area (Å²) >= 11 is 0. The Morgan fingerprint density at radius 2 is 1.84 bits per heavy atom. The number of benzene rings is 1. The molecule has 5 N–H and O–H groups in total. The lowest BCUT2D eigenvalue weighted by atomic mass is 9.93. The number of aliphatic hydroxyl groups is 5. The van der Waals surface area contributed by atoms with Gasteiger partial charge in [0, 0.05) is 19.8 Å². The molecule has 0 bridgehead atoms. The molecule has 8 heteroatoms. The number of allylic oxidation sites excluding steroid dienone is 1. The van der Waals surface area contributed by atoms with Gasteiger partial charge in [-0.05, 0) is 49.3 Å². The average molecular weight is 455 g/mol. The van der Waals surface area contributed by atoms with Crippen LogP contribution in [0.5, 0.6) is 5.75 Å². The third-order valence-corrected chi connectivity index (χ3v) is 5.85. The van der Waals surface area contributed by atoms with Gasteiger partial charge in [0.2, 0.25) is 6.29 Å². The summed E-state index contributed by atoms with van der Waals surface area (Å²) in [5.41, 5.74) is 1.06. The highest BCUT2D eigenvalue weighted by atomic mass is 16.7. The van der Waals surface area contributed by atoms with Gasteiger partial charge in [-0.2, -0.15) is 0 Å². The maximum Gasteiger partial charge on any atom is 0.229 e. The van der Waals surface area contributed by atoms with Crippen molar-refractivity contribution in [1.29, 1.82) is 0 Å². The van der Waals surface area contributed by atoms with Gasteiger partial charge in [-0.3, -0.25) is 0 Å². The number of hydrogen-bond donors (Lipinski definition) is 5. The normalized spacial score (nSPS) is 27.6. The number of aliphatic hydroxyl groups excluding tert-OH is 5. The van der Waals surface area contributed by atoms with E-state index in [2.05, 4.69) is 6.58 Å². The second kappa shape index (κ2) is 13.9. The molecule has 0 radical (unpaired) electrons. The van der Waals surface area contributed by atoms with E-state index in [1.165, 1.54) is 0 Å². The van der Waals surface area contributed by atoms with Crippen LogP contribution in [0.2, 0.25) is 0 Å². The zero-order valence-corrected chi connectivity index (χ0v) is 18.8. The second-order valence-corrected chi connectivity index (χ2v) is 8.22. The van der Waals surface area contributed by atoms with Crippen LogP contribution in [-0.4, -0.2) is 82.2 Å². The zero-order chi connectivity index (χ0) is 23.5. The van der Waals surface area contributed by atoms with Gasteiger partial charge >= 0.3 is 0 Å². The fourth-order valence-electron chi connectivity index (χ4n) is 3.72. The van der Waals surface area contributed by atoms with E-state index in [1.807, 2.05) is 19.1 Å². The van der Waals surface area contributed by atoms with Crippen molar-refractivity contribution in [2.45, 2.75) is 75.8 Å². The molecule has 2 rings (SSSR count). The van der Waals surface area contributed by atoms with E-state index >= 15 is 0 Å². The standard InChI is InChI=1S/C24H38O8/c1-3-6-17-8-10-18(11-9-17)31-24-23(30-14-12-16(4-2)15-26)21(29)20(28)22(32-24)19(27)7-5-13-25/h3,8-11,16,19-29H,1,4-7,12-15H2,2H3/t16-,19+,20-,21-,22+,23+,24-/m0/s1. The van der Waals surface area contributed by atoms with Crippen molar-refractivity contribution < 1.29 is 39.7 Å². The Morgan fingerprint density at radius 3 is 2.44 bits per heavy atom. The van der Waals surface area contributed by atoms with E-state index in [9.17, 15) is 20.4 Å². The Kier molecular flexibility index (Phi) is 11.6. The van der Waals surface area contributed by atoms with Crippen LogP contribution in [0, 0.1) is 5.92 Å². The molecule has 32 heavy (non-hydrogen) atoms. The topological polar surface area (TPSA) is 129 Å². The van der Waals surface area contributed by atoms with E-state index in [1.54, 1.807) is 18.2 Å². The van der Waals surface area contributed by atoms with Crippen molar-refractivity contribution in [2.75, 3.05) is 19.8 Å². The molecule has 1 aromatic carbocycles. The maximum atomic E-state index is 10.8. The first kappa shape index (κ1) is 26.7. The van der Waals surface area contributed by atoms with Crippen molar-refractivity contribution in [3.8, 4) is 5.75 Å². The van der Waals surface area contributed by atoms with Crippen LogP contribution in [-0.2, 0) is 15.9 Å². The molecule has 7 atom stereocenters. The van der Waals surface area contributed by atoms with Crippen LogP contribution < -0.4 is 4.74 Å². The van der Waals surface area contributed by atoms with E-state index < -0.39 is 36.8 Å². The Bertz CT molecular complexity index is 648. The molecule has 1 saturated heterocycles. The lowest BCUT2D eigenvalue weighted by molar-refractivity contribution is -0.298. The van der Waals surface area contributed by atoms with Crippen LogP contribution in [0.15, 0.2) is 36.9 Å². The van der Waals surface area contributed by atoms with Crippen molar-refractivity contribution in [2.24, 2.45) is 5.92 Å². The van der Waals surface area contributed by atoms with Crippen molar-refractivity contribution in [3.05, 3.63) is 42.5 Å². The largest absolute Gasteiger partial charge is 0.462 e. The fourth-order valence-corrected chi connectivity index (χ4v) is 3.72. The van der Waals surface area contributed by atoms with E-state index in [0.717, 1.165) is 18.4 Å². The van der Waals surface area contributed by atoms with Gasteiger partial charge in [-0.25, -0.2) is 0 Å². The minimum absolute atomic E-state index is 0.0440. The summed E-state index contributed by atoms with van der Waals surface area (Å²) < 4.78 is 17.7. The first-order valence-corrected chi connectivity index (χ1v) is 11.3. The monoisotopic (exact) mass is 454 g/mol. The summed E-state index contributed by atoms with van der Waals surface area (Å²) in [4.78, 5) is 0. The highest BCUT2D eigenvalue weighted by Crippen LogP contribution is 2.29. The quantitative estimate of drug-likeness (QED) is 0.265. The Morgan fingerprint density at radius 1 is 1.12 bits per heavy atom. The molecular weight excluding hydrogens is 416 g/mol. The molecular formula is C24H38O8. The number of hydrogen-bond acceptors (Lipinski definition) is 8. The highest BCUT2D eigenvalue weighted by molar-refractivity contribution is 5.28. The molecule has 1 aromatic rings. The summed E-state index contributed by atoms with van der Waals surface area (Å²) in [5, 5.41) is 50.2. The van der Waals surface area contributed by atoms with Gasteiger partial charge in [-0.15, -0.1) is 6.58 Å². The predicted octanol–water partition coefficient (Wildman–Crippen LogP) is 1.17. The molecule has 8 nitrogen and oxygen atoms in total. The molecule has 1 fully saturated rings. The maximum absolute atomic E-state index is 10.8. The Balaban J connectivity index is 2.15. The van der Waals surface area contributed by atoms with Crippen LogP contribution in [0.3, 0.4) is 0 Å². The summed E-state index contributed by atoms with van der Waals surface area (Å²) in [7, 11) is 0. The van der Waals surface area contributed by atoms with Gasteiger partial charge in [0.1, 0.15) is 30.2 Å². The van der Waals surface area contributed by atoms with Crippen LogP contribution in [0.4, 0.5) is 0 Å². The third-order valence-electron chi connectivity index (χ3n) is 5.85. The molecule has 0 aliphatic carbocycles. The van der Waals surface area contributed by atoms with Crippen LogP contribution in [0.1, 0.15) is 38.2 Å². The molecule has 0 aromatic heterocycles. The zero-order valence-electron chi connectivity index (χ0n) is 18.8. The van der Waals surface area contributed by atoms with Crippen molar-refractivity contribution in [3.63, 3.8) is 0 Å². The molecule has 0 spiro atoms. The molecule has 0 unspecified atom stereocenters. The van der Waals surface area contributed by atoms with Gasteiger partial charge in [0.25, 0.3) is 0 Å². The molecule has 1 heterocycles. The van der Waals surface area contributed by atoms with Gasteiger partial charge in [0.15, 0.2) is 0 Å². The first-order chi connectivity index (χ1) is 15.4. The fraction of sp³-hybridized carbons (Fsp3) is 0.667. The first-order valence-electron chi connectivity index (χ1n) is 11.3. The van der Waals surface area contributed by atoms with E-state index in [4.69, 9.17) is 19.3 Å². The minimum atomic E-state index is -1.39. The molecule has 0 amide bonds. The van der Waals surface area contributed by atoms with Crippen molar-refractivity contribution in [1.82, 2.24) is 0 Å². The number of ether oxygens (including phenoxy) is 3.